The number of likely N-dealkylation sites (tertiary alicyclic amines) is 1. The fraction of sp³-hybridized carbons (Fsp3) is 0.773. The van der Waals surface area contributed by atoms with Gasteiger partial charge in [-0.25, -0.2) is 9.78 Å². The Morgan fingerprint density at radius 3 is 2.66 bits per heavy atom. The van der Waals surface area contributed by atoms with E-state index in [1.165, 1.54) is 44.9 Å². The lowest BCUT2D eigenvalue weighted by Crippen LogP contribution is -2.56. The molecule has 2 heterocycles. The number of nitrogens with zero attached hydrogens (tertiary/aromatic N) is 3. The Hall–Kier alpha value is -2.05. The van der Waals surface area contributed by atoms with Crippen LogP contribution in [-0.4, -0.2) is 51.1 Å². The summed E-state index contributed by atoms with van der Waals surface area (Å²) in [7, 11) is 1.87. The van der Waals surface area contributed by atoms with Crippen LogP contribution in [0.1, 0.15) is 68.3 Å². The third-order valence-corrected chi connectivity index (χ3v) is 7.90. The molecule has 2 N–H and O–H groups in total. The summed E-state index contributed by atoms with van der Waals surface area (Å²) in [6.45, 7) is 1.33. The first-order chi connectivity index (χ1) is 14.0. The molecule has 3 saturated carbocycles. The van der Waals surface area contributed by atoms with E-state index in [1.54, 1.807) is 17.1 Å². The van der Waals surface area contributed by atoms with Crippen molar-refractivity contribution < 1.29 is 9.59 Å². The first-order valence-electron chi connectivity index (χ1n) is 11.4. The minimum absolute atomic E-state index is 0.000117. The van der Waals surface area contributed by atoms with E-state index in [0.717, 1.165) is 30.6 Å². The quantitative estimate of drug-likeness (QED) is 0.820. The molecule has 0 radical (unpaired) electrons. The molecule has 1 aliphatic heterocycles. The zero-order chi connectivity index (χ0) is 20.0. The maximum Gasteiger partial charge on any atom is 0.315 e. The van der Waals surface area contributed by atoms with Gasteiger partial charge in [0.05, 0.1) is 6.33 Å². The highest BCUT2D eigenvalue weighted by molar-refractivity contribution is 5.92. The van der Waals surface area contributed by atoms with Gasteiger partial charge in [0.1, 0.15) is 5.69 Å². The summed E-state index contributed by atoms with van der Waals surface area (Å²) in [4.78, 5) is 31.4. The molecule has 4 aliphatic rings. The van der Waals surface area contributed by atoms with Crippen molar-refractivity contribution in [2.75, 3.05) is 13.1 Å². The zero-order valence-corrected chi connectivity index (χ0v) is 17.4. The summed E-state index contributed by atoms with van der Waals surface area (Å²) in [5.41, 5.74) is 0.535. The van der Waals surface area contributed by atoms with E-state index < -0.39 is 0 Å². The second-order valence-electron chi connectivity index (χ2n) is 10.0. The van der Waals surface area contributed by atoms with Gasteiger partial charge in [0.25, 0.3) is 5.91 Å². The van der Waals surface area contributed by atoms with Crippen LogP contribution in [0.4, 0.5) is 4.79 Å². The number of amides is 3. The van der Waals surface area contributed by atoms with Crippen LogP contribution in [0.25, 0.3) is 0 Å². The van der Waals surface area contributed by atoms with Gasteiger partial charge in [0.2, 0.25) is 0 Å². The predicted molar refractivity (Wildman–Crippen MR) is 109 cm³/mol. The predicted octanol–water partition coefficient (Wildman–Crippen LogP) is 2.68. The highest BCUT2D eigenvalue weighted by Gasteiger charge is 2.52. The van der Waals surface area contributed by atoms with Crippen molar-refractivity contribution in [1.29, 1.82) is 0 Å². The number of aromatic nitrogens is 2. The molecule has 7 nitrogen and oxygen atoms in total. The topological polar surface area (TPSA) is 79.3 Å². The number of carbonyl (C=O) groups excluding carboxylic acids is 2. The van der Waals surface area contributed by atoms with E-state index in [-0.39, 0.29) is 23.5 Å². The summed E-state index contributed by atoms with van der Waals surface area (Å²) >= 11 is 0. The lowest BCUT2D eigenvalue weighted by Gasteiger charge is -2.39. The molecular formula is C22H33N5O2. The first-order valence-corrected chi connectivity index (χ1v) is 11.4. The Bertz CT molecular complexity index is 780. The number of hydrogen-bond donors (Lipinski definition) is 2. The molecular weight excluding hydrogens is 366 g/mol. The number of carbonyl (C=O) groups is 2. The number of hydrogen-bond acceptors (Lipinski definition) is 3. The Kier molecular flexibility index (Phi) is 4.79. The second kappa shape index (κ2) is 7.33. The van der Waals surface area contributed by atoms with Crippen molar-refractivity contribution in [1.82, 2.24) is 25.1 Å². The molecule has 1 aromatic heterocycles. The third-order valence-electron chi connectivity index (χ3n) is 7.90. The SMILES string of the molecule is Cn1cnc(C(=O)N2CCC(NC(=O)NC34CC5CCCC(C3)C(C5)C4)CC2)c1. The molecule has 4 unspecified atom stereocenters. The van der Waals surface area contributed by atoms with Crippen molar-refractivity contribution in [3.8, 4) is 0 Å². The summed E-state index contributed by atoms with van der Waals surface area (Å²) in [5, 5.41) is 6.62. The van der Waals surface area contributed by atoms with Gasteiger partial charge in [-0.05, 0) is 56.3 Å². The lowest BCUT2D eigenvalue weighted by molar-refractivity contribution is 0.0702. The van der Waals surface area contributed by atoms with E-state index in [1.807, 2.05) is 11.9 Å². The molecule has 3 aliphatic carbocycles. The van der Waals surface area contributed by atoms with E-state index in [0.29, 0.717) is 18.8 Å². The molecule has 0 spiro atoms. The molecule has 1 saturated heterocycles. The van der Waals surface area contributed by atoms with E-state index in [9.17, 15) is 9.59 Å². The van der Waals surface area contributed by atoms with Gasteiger partial charge in [0.15, 0.2) is 0 Å². The second-order valence-corrected chi connectivity index (χ2v) is 10.0. The third kappa shape index (κ3) is 3.76. The van der Waals surface area contributed by atoms with Crippen molar-refractivity contribution in [2.24, 2.45) is 24.8 Å². The fourth-order valence-corrected chi connectivity index (χ4v) is 6.68. The van der Waals surface area contributed by atoms with Gasteiger partial charge in [-0.15, -0.1) is 0 Å². The molecule has 29 heavy (non-hydrogen) atoms. The maximum absolute atomic E-state index is 12.8. The van der Waals surface area contributed by atoms with Crippen molar-refractivity contribution >= 4 is 11.9 Å². The molecule has 4 fully saturated rings. The lowest BCUT2D eigenvalue weighted by atomic mass is 9.75. The Morgan fingerprint density at radius 1 is 1.10 bits per heavy atom. The molecule has 3 amide bonds. The van der Waals surface area contributed by atoms with Gasteiger partial charge >= 0.3 is 6.03 Å². The van der Waals surface area contributed by atoms with Crippen LogP contribution in [0.15, 0.2) is 12.5 Å². The minimum atomic E-state index is -0.0156. The molecule has 7 heteroatoms. The van der Waals surface area contributed by atoms with Gasteiger partial charge in [-0.1, -0.05) is 19.3 Å². The fourth-order valence-electron chi connectivity index (χ4n) is 6.68. The largest absolute Gasteiger partial charge is 0.340 e. The number of piperidine rings is 1. The van der Waals surface area contributed by atoms with E-state index in [4.69, 9.17) is 0 Å². The van der Waals surface area contributed by atoms with E-state index in [2.05, 4.69) is 15.6 Å². The standard InChI is InChI=1S/C22H33N5O2/c1-26-13-19(23-14-26)20(28)27-7-5-18(6-8-27)24-21(29)25-22-10-15-3-2-4-16(11-22)17(9-15)12-22/h13-18H,2-12H2,1H3,(H2,24,25,29). The van der Waals surface area contributed by atoms with Crippen LogP contribution >= 0.6 is 0 Å². The number of fused-ring (bicyclic) bond motifs is 2. The normalized spacial score (nSPS) is 34.1. The number of aryl methyl sites for hydroxylation is 1. The van der Waals surface area contributed by atoms with E-state index >= 15 is 0 Å². The van der Waals surface area contributed by atoms with Crippen LogP contribution in [0.3, 0.4) is 0 Å². The summed E-state index contributed by atoms with van der Waals surface area (Å²) in [6, 6.07) is 0.139. The maximum atomic E-state index is 12.8. The highest BCUT2D eigenvalue weighted by atomic mass is 16.2. The van der Waals surface area contributed by atoms with Crippen molar-refractivity contribution in [3.63, 3.8) is 0 Å². The molecule has 3 bridgehead atoms. The van der Waals surface area contributed by atoms with Crippen molar-refractivity contribution in [2.45, 2.75) is 69.4 Å². The number of nitrogens with one attached hydrogen (secondary N) is 2. The zero-order valence-electron chi connectivity index (χ0n) is 17.4. The highest BCUT2D eigenvalue weighted by Crippen LogP contribution is 2.55. The molecule has 158 valence electrons. The smallest absolute Gasteiger partial charge is 0.315 e. The first kappa shape index (κ1) is 18.9. The summed E-state index contributed by atoms with van der Waals surface area (Å²) < 4.78 is 1.79. The van der Waals surface area contributed by atoms with Gasteiger partial charge < -0.3 is 20.1 Å². The minimum Gasteiger partial charge on any atom is -0.340 e. The van der Waals surface area contributed by atoms with Gasteiger partial charge in [-0.2, -0.15) is 0 Å². The number of rotatable bonds is 3. The Morgan fingerprint density at radius 2 is 1.90 bits per heavy atom. The summed E-state index contributed by atoms with van der Waals surface area (Å²) in [5.74, 6) is 2.45. The van der Waals surface area contributed by atoms with Gasteiger partial charge in [0, 0.05) is 37.9 Å². The Labute approximate surface area is 172 Å². The average molecular weight is 400 g/mol. The monoisotopic (exact) mass is 399 g/mol. The van der Waals surface area contributed by atoms with Crippen LogP contribution in [0, 0.1) is 17.8 Å². The average Bonchev–Trinajstić information content (AvgIpc) is 3.17. The Balaban J connectivity index is 1.12. The van der Waals surface area contributed by atoms with Crippen LogP contribution < -0.4 is 10.6 Å². The van der Waals surface area contributed by atoms with Gasteiger partial charge in [-0.3, -0.25) is 4.79 Å². The molecule has 5 rings (SSSR count). The molecule has 4 atom stereocenters. The van der Waals surface area contributed by atoms with Crippen LogP contribution in [-0.2, 0) is 7.05 Å². The number of imidazole rings is 1. The molecule has 1 aromatic rings. The van der Waals surface area contributed by atoms with Crippen LogP contribution in [0.5, 0.6) is 0 Å². The summed E-state index contributed by atoms with van der Waals surface area (Å²) in [6.07, 6.45) is 14.0. The molecule has 0 aromatic carbocycles. The van der Waals surface area contributed by atoms with Crippen molar-refractivity contribution in [3.05, 3.63) is 18.2 Å². The number of urea groups is 1. The van der Waals surface area contributed by atoms with Crippen LogP contribution in [0.2, 0.25) is 0 Å².